The van der Waals surface area contributed by atoms with Gasteiger partial charge in [0.2, 0.25) is 0 Å². The minimum absolute atomic E-state index is 0.0206. The summed E-state index contributed by atoms with van der Waals surface area (Å²) in [5.74, 6) is -0.0883. The number of carbonyl (C=O) groups excluding carboxylic acids is 2. The van der Waals surface area contributed by atoms with Crippen LogP contribution in [0.25, 0.3) is 0 Å². The van der Waals surface area contributed by atoms with Crippen LogP contribution in [0.2, 0.25) is 0 Å². The van der Waals surface area contributed by atoms with Crippen molar-refractivity contribution in [1.29, 1.82) is 0 Å². The van der Waals surface area contributed by atoms with Gasteiger partial charge in [0.1, 0.15) is 17.8 Å². The van der Waals surface area contributed by atoms with E-state index in [1.54, 1.807) is 0 Å². The zero-order valence-electron chi connectivity index (χ0n) is 22.1. The fourth-order valence-corrected chi connectivity index (χ4v) is 11.3. The Morgan fingerprint density at radius 1 is 1.06 bits per heavy atom. The average Bonchev–Trinajstić information content (AvgIpc) is 3.21. The Morgan fingerprint density at radius 2 is 1.83 bits per heavy atom. The lowest BCUT2D eigenvalue weighted by Gasteiger charge is -2.54. The summed E-state index contributed by atoms with van der Waals surface area (Å²) in [7, 11) is 0. The Hall–Kier alpha value is -1.66. The summed E-state index contributed by atoms with van der Waals surface area (Å²) in [6.07, 6.45) is 7.17. The molecule has 8 rings (SSSR count). The van der Waals surface area contributed by atoms with Crippen LogP contribution in [0.5, 0.6) is 0 Å². The molecule has 194 valence electrons. The van der Waals surface area contributed by atoms with Crippen LogP contribution >= 0.6 is 0 Å². The second-order valence-corrected chi connectivity index (χ2v) is 14.1. The van der Waals surface area contributed by atoms with Gasteiger partial charge in [0.25, 0.3) is 0 Å². The number of hydrogen-bond donors (Lipinski definition) is 1. The number of allylic oxidation sites excluding steroid dienone is 1. The summed E-state index contributed by atoms with van der Waals surface area (Å²) >= 11 is 0. The maximum Gasteiger partial charge on any atom is 0.313 e. The van der Waals surface area contributed by atoms with E-state index in [2.05, 4.69) is 26.8 Å². The molecule has 0 aromatic heterocycles. The van der Waals surface area contributed by atoms with E-state index in [-0.39, 0.29) is 64.9 Å². The van der Waals surface area contributed by atoms with Crippen LogP contribution in [0.4, 0.5) is 0 Å². The summed E-state index contributed by atoms with van der Waals surface area (Å²) in [5.41, 5.74) is 0.551. The smallest absolute Gasteiger partial charge is 0.313 e. The molecular formula is C30H38O6. The molecule has 5 aliphatic carbocycles. The standard InChI is InChI=1S/C30H38O6/c1-14-6-11-30-20(14)23-19(8-10-27(30,5)36-30)28(25(32)35-23)12-17-13-29(28)21(15(17)2)22-18(7-9-26(29,4)33)16(3)24(31)34-22/h6,16-20,22-23,33H,7-13H2,1-5H3. The van der Waals surface area contributed by atoms with Crippen molar-refractivity contribution >= 4 is 11.9 Å². The molecule has 1 N–H and O–H groups in total. The third kappa shape index (κ3) is 2.02. The van der Waals surface area contributed by atoms with Crippen LogP contribution in [0.3, 0.4) is 0 Å². The van der Waals surface area contributed by atoms with E-state index < -0.39 is 16.4 Å². The molecule has 0 amide bonds. The largest absolute Gasteiger partial charge is 0.461 e. The first-order valence-electron chi connectivity index (χ1n) is 14.2. The second-order valence-electron chi connectivity index (χ2n) is 14.1. The van der Waals surface area contributed by atoms with Gasteiger partial charge < -0.3 is 19.3 Å². The molecule has 12 unspecified atom stereocenters. The van der Waals surface area contributed by atoms with Crippen LogP contribution in [-0.2, 0) is 23.8 Å². The van der Waals surface area contributed by atoms with Crippen molar-refractivity contribution in [2.45, 2.75) is 109 Å². The van der Waals surface area contributed by atoms with Gasteiger partial charge in [-0.05, 0) is 84.1 Å². The van der Waals surface area contributed by atoms with Gasteiger partial charge in [-0.3, -0.25) is 9.59 Å². The molecule has 3 saturated heterocycles. The summed E-state index contributed by atoms with van der Waals surface area (Å²) < 4.78 is 19.1. The van der Waals surface area contributed by atoms with Crippen LogP contribution in [0.15, 0.2) is 22.8 Å². The lowest BCUT2D eigenvalue weighted by molar-refractivity contribution is -0.169. The zero-order valence-corrected chi connectivity index (χ0v) is 22.1. The summed E-state index contributed by atoms with van der Waals surface area (Å²) in [4.78, 5) is 27.2. The summed E-state index contributed by atoms with van der Waals surface area (Å²) in [6, 6.07) is 0. The molecule has 0 radical (unpaired) electrons. The van der Waals surface area contributed by atoms with Gasteiger partial charge >= 0.3 is 11.9 Å². The number of epoxide rings is 1. The van der Waals surface area contributed by atoms with Crippen molar-refractivity contribution in [2.24, 2.45) is 40.4 Å². The fraction of sp³-hybridized carbons (Fsp3) is 0.800. The predicted octanol–water partition coefficient (Wildman–Crippen LogP) is 4.25. The highest BCUT2D eigenvalue weighted by molar-refractivity contribution is 5.85. The Balaban J connectivity index is 1.33. The second kappa shape index (κ2) is 6.14. The van der Waals surface area contributed by atoms with Crippen molar-refractivity contribution in [1.82, 2.24) is 0 Å². The monoisotopic (exact) mass is 494 g/mol. The molecule has 3 heterocycles. The van der Waals surface area contributed by atoms with Crippen molar-refractivity contribution in [3.63, 3.8) is 0 Å². The zero-order chi connectivity index (χ0) is 25.2. The summed E-state index contributed by atoms with van der Waals surface area (Å²) in [6.45, 7) is 10.5. The van der Waals surface area contributed by atoms with Crippen LogP contribution < -0.4 is 0 Å². The van der Waals surface area contributed by atoms with Gasteiger partial charge in [0.05, 0.1) is 22.5 Å². The Labute approximate surface area is 212 Å². The maximum atomic E-state index is 14.4. The van der Waals surface area contributed by atoms with Gasteiger partial charge in [-0.25, -0.2) is 0 Å². The first-order valence-corrected chi connectivity index (χ1v) is 14.2. The molecule has 6 heteroatoms. The number of hydrogen-bond acceptors (Lipinski definition) is 6. The van der Waals surface area contributed by atoms with E-state index in [1.165, 1.54) is 11.1 Å². The highest BCUT2D eigenvalue weighted by Gasteiger charge is 2.84. The minimum Gasteiger partial charge on any atom is -0.461 e. The van der Waals surface area contributed by atoms with E-state index in [0.29, 0.717) is 6.42 Å². The van der Waals surface area contributed by atoms with Crippen LogP contribution in [-0.4, -0.2) is 46.1 Å². The van der Waals surface area contributed by atoms with Gasteiger partial charge in [0, 0.05) is 23.2 Å². The number of ether oxygens (including phenoxy) is 3. The molecule has 8 aliphatic rings. The van der Waals surface area contributed by atoms with E-state index >= 15 is 0 Å². The van der Waals surface area contributed by atoms with Gasteiger partial charge in [-0.15, -0.1) is 0 Å². The van der Waals surface area contributed by atoms with Crippen LogP contribution in [0, 0.1) is 40.4 Å². The third-order valence-electron chi connectivity index (χ3n) is 13.1. The highest BCUT2D eigenvalue weighted by Crippen LogP contribution is 2.80. The lowest BCUT2D eigenvalue weighted by Crippen LogP contribution is -2.60. The van der Waals surface area contributed by atoms with Gasteiger partial charge in [-0.2, -0.15) is 0 Å². The quantitative estimate of drug-likeness (QED) is 0.308. The first kappa shape index (κ1) is 22.3. The topological polar surface area (TPSA) is 85.4 Å². The highest BCUT2D eigenvalue weighted by atomic mass is 16.6. The minimum atomic E-state index is -1.08. The maximum absolute atomic E-state index is 14.4. The van der Waals surface area contributed by atoms with Gasteiger partial charge in [0.15, 0.2) is 0 Å². The number of esters is 2. The van der Waals surface area contributed by atoms with Crippen LogP contribution in [0.1, 0.15) is 79.6 Å². The van der Waals surface area contributed by atoms with Crippen molar-refractivity contribution in [3.05, 3.63) is 22.8 Å². The van der Waals surface area contributed by atoms with E-state index in [4.69, 9.17) is 14.2 Å². The predicted molar refractivity (Wildman–Crippen MR) is 129 cm³/mol. The lowest BCUT2D eigenvalue weighted by atomic mass is 9.48. The molecule has 6 nitrogen and oxygen atoms in total. The molecule has 3 spiro atoms. The molecule has 3 aliphatic heterocycles. The van der Waals surface area contributed by atoms with E-state index in [9.17, 15) is 14.7 Å². The molecule has 3 saturated carbocycles. The SMILES string of the molecule is CC1=CCC23OC2(C)CCC2C(OC(=O)C24CC2CC45C(=C2C)C2OC(=O)C(C)C2CCC5(C)O)C13. The Bertz CT molecular complexity index is 1200. The van der Waals surface area contributed by atoms with Crippen molar-refractivity contribution in [3.8, 4) is 0 Å². The molecule has 2 bridgehead atoms. The number of rotatable bonds is 0. The first-order chi connectivity index (χ1) is 16.9. The van der Waals surface area contributed by atoms with Gasteiger partial charge in [-0.1, -0.05) is 24.1 Å². The van der Waals surface area contributed by atoms with Crippen molar-refractivity contribution in [2.75, 3.05) is 0 Å². The normalized spacial score (nSPS) is 59.9. The molecule has 6 fully saturated rings. The molecular weight excluding hydrogens is 456 g/mol. The van der Waals surface area contributed by atoms with Crippen molar-refractivity contribution < 1.29 is 28.9 Å². The number of carbonyl (C=O) groups is 2. The number of fused-ring (bicyclic) bond motifs is 6. The third-order valence-corrected chi connectivity index (χ3v) is 13.1. The number of aliphatic hydroxyl groups is 1. The molecule has 0 aromatic carbocycles. The summed E-state index contributed by atoms with van der Waals surface area (Å²) in [5, 5.41) is 12.5. The Morgan fingerprint density at radius 3 is 2.61 bits per heavy atom. The fourth-order valence-electron chi connectivity index (χ4n) is 11.3. The van der Waals surface area contributed by atoms with E-state index in [1.807, 2.05) is 13.8 Å². The Kier molecular flexibility index (Phi) is 3.81. The average molecular weight is 495 g/mol. The molecule has 36 heavy (non-hydrogen) atoms. The van der Waals surface area contributed by atoms with E-state index in [0.717, 1.165) is 44.1 Å². The molecule has 0 aromatic rings. The molecule has 12 atom stereocenters.